The molecule has 1 fully saturated rings. The molecule has 12 heteroatoms. The summed E-state index contributed by atoms with van der Waals surface area (Å²) in [4.78, 5) is 31.4. The molecule has 4 heterocycles. The molecule has 10 nitrogen and oxygen atoms in total. The van der Waals surface area contributed by atoms with Crippen molar-refractivity contribution in [2.24, 2.45) is 0 Å². The van der Waals surface area contributed by atoms with Crippen molar-refractivity contribution in [2.75, 3.05) is 45.1 Å². The first kappa shape index (κ1) is 21.3. The quantitative estimate of drug-likeness (QED) is 0.592. The molecule has 5 rings (SSSR count). The SMILES string of the molecule is O=C(c1cnc2n(c1=O)CCS2)N1CCN(S(=O)(=O)c2ccc3c(c2)OCCCO3)CC1. The zero-order valence-electron chi connectivity index (χ0n) is 17.2. The van der Waals surface area contributed by atoms with Gasteiger partial charge < -0.3 is 14.4 Å². The monoisotopic (exact) mass is 478 g/mol. The predicted octanol–water partition coefficient (Wildman–Crippen LogP) is 0.657. The number of aromatic nitrogens is 2. The number of carbonyl (C=O) groups excluding carboxylic acids is 1. The van der Waals surface area contributed by atoms with E-state index in [0.717, 1.165) is 12.2 Å². The summed E-state index contributed by atoms with van der Waals surface area (Å²) in [6, 6.07) is 4.61. The van der Waals surface area contributed by atoms with Crippen molar-refractivity contribution in [1.82, 2.24) is 18.8 Å². The first-order valence-electron chi connectivity index (χ1n) is 10.4. The number of rotatable bonds is 3. The van der Waals surface area contributed by atoms with Gasteiger partial charge in [-0.15, -0.1) is 0 Å². The predicted molar refractivity (Wildman–Crippen MR) is 116 cm³/mol. The Bertz CT molecular complexity index is 1220. The van der Waals surface area contributed by atoms with E-state index in [4.69, 9.17) is 9.47 Å². The molecule has 32 heavy (non-hydrogen) atoms. The van der Waals surface area contributed by atoms with Gasteiger partial charge >= 0.3 is 0 Å². The number of benzene rings is 1. The summed E-state index contributed by atoms with van der Waals surface area (Å²) >= 11 is 1.49. The van der Waals surface area contributed by atoms with Crippen LogP contribution in [0, 0.1) is 0 Å². The van der Waals surface area contributed by atoms with Gasteiger partial charge in [0.05, 0.1) is 18.1 Å². The maximum absolute atomic E-state index is 13.1. The summed E-state index contributed by atoms with van der Waals surface area (Å²) in [6.45, 7) is 2.19. The Hall–Kier alpha value is -2.57. The molecule has 3 aliphatic rings. The fourth-order valence-electron chi connectivity index (χ4n) is 3.92. The van der Waals surface area contributed by atoms with Crippen molar-refractivity contribution in [3.05, 3.63) is 40.3 Å². The number of ether oxygens (including phenoxy) is 2. The smallest absolute Gasteiger partial charge is 0.267 e. The molecule has 1 aromatic carbocycles. The van der Waals surface area contributed by atoms with Crippen LogP contribution in [-0.4, -0.2) is 78.2 Å². The Morgan fingerprint density at radius 3 is 2.56 bits per heavy atom. The van der Waals surface area contributed by atoms with Crippen LogP contribution in [0.1, 0.15) is 16.8 Å². The Labute approximate surface area is 189 Å². The third-order valence-corrected chi connectivity index (χ3v) is 8.53. The molecule has 1 amide bonds. The third kappa shape index (κ3) is 3.76. The van der Waals surface area contributed by atoms with Gasteiger partial charge in [0.2, 0.25) is 10.0 Å². The van der Waals surface area contributed by atoms with E-state index >= 15 is 0 Å². The average molecular weight is 479 g/mol. The lowest BCUT2D eigenvalue weighted by atomic mass is 10.2. The molecule has 0 radical (unpaired) electrons. The van der Waals surface area contributed by atoms with Crippen LogP contribution in [0.25, 0.3) is 0 Å². The average Bonchev–Trinajstić information content (AvgIpc) is 3.17. The molecular formula is C20H22N4O6S2. The Morgan fingerprint density at radius 1 is 1.03 bits per heavy atom. The van der Waals surface area contributed by atoms with Crippen LogP contribution in [0.2, 0.25) is 0 Å². The van der Waals surface area contributed by atoms with Crippen LogP contribution in [0.3, 0.4) is 0 Å². The normalized spacial score (nSPS) is 18.8. The van der Waals surface area contributed by atoms with Crippen molar-refractivity contribution in [1.29, 1.82) is 0 Å². The summed E-state index contributed by atoms with van der Waals surface area (Å²) in [5.41, 5.74) is -0.317. The molecule has 1 saturated heterocycles. The van der Waals surface area contributed by atoms with Gasteiger partial charge in [0.15, 0.2) is 16.7 Å². The van der Waals surface area contributed by atoms with E-state index in [0.29, 0.717) is 36.4 Å². The molecule has 0 N–H and O–H groups in total. The summed E-state index contributed by atoms with van der Waals surface area (Å²) in [5.74, 6) is 1.29. The number of fused-ring (bicyclic) bond motifs is 2. The highest BCUT2D eigenvalue weighted by Crippen LogP contribution is 2.33. The van der Waals surface area contributed by atoms with Crippen LogP contribution in [0.4, 0.5) is 0 Å². The van der Waals surface area contributed by atoms with Gasteiger partial charge in [-0.25, -0.2) is 13.4 Å². The highest BCUT2D eigenvalue weighted by Gasteiger charge is 2.32. The molecule has 0 aliphatic carbocycles. The molecule has 0 atom stereocenters. The molecule has 170 valence electrons. The largest absolute Gasteiger partial charge is 0.490 e. The van der Waals surface area contributed by atoms with Gasteiger partial charge in [0.1, 0.15) is 5.56 Å². The summed E-state index contributed by atoms with van der Waals surface area (Å²) in [5, 5.41) is 0.623. The minimum atomic E-state index is -3.76. The summed E-state index contributed by atoms with van der Waals surface area (Å²) < 4.78 is 40.3. The highest BCUT2D eigenvalue weighted by atomic mass is 32.2. The molecule has 0 spiro atoms. The second kappa shape index (κ2) is 8.41. The van der Waals surface area contributed by atoms with E-state index in [-0.39, 0.29) is 42.2 Å². The van der Waals surface area contributed by atoms with E-state index in [1.807, 2.05) is 0 Å². The standard InChI is InChI=1S/C20H22N4O6S2/c25-18(15-13-21-20-24(19(15)26)8-11-31-20)22-4-6-23(7-5-22)32(27,28)14-2-3-16-17(12-14)30-10-1-9-29-16/h2-3,12-13H,1,4-11H2. The first-order valence-corrected chi connectivity index (χ1v) is 12.8. The number of piperazine rings is 1. The molecule has 0 unspecified atom stereocenters. The van der Waals surface area contributed by atoms with Crippen molar-refractivity contribution >= 4 is 27.7 Å². The lowest BCUT2D eigenvalue weighted by Crippen LogP contribution is -2.51. The minimum absolute atomic E-state index is 0.0236. The van der Waals surface area contributed by atoms with Crippen LogP contribution in [-0.2, 0) is 16.6 Å². The maximum Gasteiger partial charge on any atom is 0.267 e. The molecule has 1 aromatic heterocycles. The molecule has 0 saturated carbocycles. The number of nitrogens with zero attached hydrogens (tertiary/aromatic N) is 4. The van der Waals surface area contributed by atoms with Crippen LogP contribution < -0.4 is 15.0 Å². The zero-order valence-corrected chi connectivity index (χ0v) is 18.9. The molecule has 2 aromatic rings. The highest BCUT2D eigenvalue weighted by molar-refractivity contribution is 7.99. The Kier molecular flexibility index (Phi) is 5.59. The number of hydrogen-bond donors (Lipinski definition) is 0. The lowest BCUT2D eigenvalue weighted by molar-refractivity contribution is 0.0694. The summed E-state index contributed by atoms with van der Waals surface area (Å²) in [7, 11) is -3.76. The van der Waals surface area contributed by atoms with Crippen molar-refractivity contribution < 1.29 is 22.7 Å². The second-order valence-electron chi connectivity index (χ2n) is 7.62. The van der Waals surface area contributed by atoms with Gasteiger partial charge in [-0.2, -0.15) is 4.31 Å². The number of hydrogen-bond acceptors (Lipinski definition) is 8. The molecular weight excluding hydrogens is 456 g/mol. The zero-order chi connectivity index (χ0) is 22.3. The number of sulfonamides is 1. The fourth-order valence-corrected chi connectivity index (χ4v) is 6.27. The third-order valence-electron chi connectivity index (χ3n) is 5.67. The van der Waals surface area contributed by atoms with Crippen LogP contribution in [0.15, 0.2) is 39.2 Å². The van der Waals surface area contributed by atoms with E-state index in [1.165, 1.54) is 43.9 Å². The van der Waals surface area contributed by atoms with E-state index in [1.54, 1.807) is 6.07 Å². The van der Waals surface area contributed by atoms with Gasteiger partial charge in [-0.3, -0.25) is 14.2 Å². The van der Waals surface area contributed by atoms with E-state index in [9.17, 15) is 18.0 Å². The van der Waals surface area contributed by atoms with Crippen LogP contribution >= 0.6 is 11.8 Å². The first-order chi connectivity index (χ1) is 15.4. The fraction of sp³-hybridized carbons (Fsp3) is 0.450. The van der Waals surface area contributed by atoms with Gasteiger partial charge in [0, 0.05) is 57.2 Å². The molecule has 3 aliphatic heterocycles. The topological polar surface area (TPSA) is 111 Å². The van der Waals surface area contributed by atoms with Crippen molar-refractivity contribution in [3.8, 4) is 11.5 Å². The number of amides is 1. The van der Waals surface area contributed by atoms with Crippen LogP contribution in [0.5, 0.6) is 11.5 Å². The van der Waals surface area contributed by atoms with Crippen molar-refractivity contribution in [3.63, 3.8) is 0 Å². The Morgan fingerprint density at radius 2 is 1.78 bits per heavy atom. The minimum Gasteiger partial charge on any atom is -0.490 e. The Balaban J connectivity index is 1.30. The second-order valence-corrected chi connectivity index (χ2v) is 10.6. The lowest BCUT2D eigenvalue weighted by Gasteiger charge is -2.34. The van der Waals surface area contributed by atoms with E-state index < -0.39 is 15.9 Å². The van der Waals surface area contributed by atoms with Crippen molar-refractivity contribution in [2.45, 2.75) is 23.0 Å². The molecule has 0 bridgehead atoms. The van der Waals surface area contributed by atoms with Gasteiger partial charge in [0.25, 0.3) is 11.5 Å². The summed E-state index contributed by atoms with van der Waals surface area (Å²) in [6.07, 6.45) is 2.06. The maximum atomic E-state index is 13.1. The number of carbonyl (C=O) groups is 1. The van der Waals surface area contributed by atoms with Gasteiger partial charge in [-0.1, -0.05) is 11.8 Å². The van der Waals surface area contributed by atoms with E-state index in [2.05, 4.69) is 4.98 Å². The van der Waals surface area contributed by atoms with Gasteiger partial charge in [-0.05, 0) is 12.1 Å². The number of thioether (sulfide) groups is 1.